The van der Waals surface area contributed by atoms with Crippen LogP contribution in [0.3, 0.4) is 0 Å². The fraction of sp³-hybridized carbons (Fsp3) is 0.400. The van der Waals surface area contributed by atoms with Crippen molar-refractivity contribution in [2.75, 3.05) is 0 Å². The molecule has 0 rings (SSSR count). The standard InChI is InChI=1S/C10H12N2O/c1-3-5-9(7-11)13-10(8-12)6-4-2/h3-4,9-10H,1-2,5-6H2. The van der Waals surface area contributed by atoms with Crippen LogP contribution < -0.4 is 0 Å². The second-order valence-electron chi connectivity index (χ2n) is 2.42. The molecule has 2 unspecified atom stereocenters. The predicted octanol–water partition coefficient (Wildman–Crippen LogP) is 1.94. The molecule has 3 nitrogen and oxygen atoms in total. The van der Waals surface area contributed by atoms with Gasteiger partial charge in [0, 0.05) is 12.8 Å². The lowest BCUT2D eigenvalue weighted by molar-refractivity contribution is 0.0537. The molecule has 0 aromatic carbocycles. The molecule has 0 N–H and O–H groups in total. The predicted molar refractivity (Wildman–Crippen MR) is 49.5 cm³/mol. The largest absolute Gasteiger partial charge is 0.344 e. The van der Waals surface area contributed by atoms with E-state index in [9.17, 15) is 0 Å². The molecule has 0 fully saturated rings. The summed E-state index contributed by atoms with van der Waals surface area (Å²) >= 11 is 0. The Kier molecular flexibility index (Phi) is 6.23. The molecule has 0 saturated heterocycles. The van der Waals surface area contributed by atoms with E-state index in [-0.39, 0.29) is 0 Å². The van der Waals surface area contributed by atoms with Crippen molar-refractivity contribution in [1.82, 2.24) is 0 Å². The van der Waals surface area contributed by atoms with Crippen LogP contribution in [-0.2, 0) is 4.74 Å². The summed E-state index contributed by atoms with van der Waals surface area (Å²) in [5.74, 6) is 0. The van der Waals surface area contributed by atoms with Crippen molar-refractivity contribution in [3.05, 3.63) is 25.3 Å². The zero-order valence-corrected chi connectivity index (χ0v) is 7.44. The first-order valence-corrected chi connectivity index (χ1v) is 3.95. The maximum absolute atomic E-state index is 8.61. The van der Waals surface area contributed by atoms with Crippen LogP contribution in [0.1, 0.15) is 12.8 Å². The van der Waals surface area contributed by atoms with Gasteiger partial charge in [-0.1, -0.05) is 12.2 Å². The van der Waals surface area contributed by atoms with Crippen LogP contribution in [0.25, 0.3) is 0 Å². The van der Waals surface area contributed by atoms with E-state index in [1.807, 2.05) is 12.1 Å². The van der Waals surface area contributed by atoms with Crippen molar-refractivity contribution in [3.8, 4) is 12.1 Å². The molecule has 0 heterocycles. The van der Waals surface area contributed by atoms with Crippen LogP contribution >= 0.6 is 0 Å². The lowest BCUT2D eigenvalue weighted by Crippen LogP contribution is -2.18. The Morgan fingerprint density at radius 1 is 1.08 bits per heavy atom. The molecule has 0 spiro atoms. The molecule has 0 aliphatic carbocycles. The van der Waals surface area contributed by atoms with Gasteiger partial charge in [0.2, 0.25) is 0 Å². The van der Waals surface area contributed by atoms with Crippen molar-refractivity contribution in [2.24, 2.45) is 0 Å². The summed E-state index contributed by atoms with van der Waals surface area (Å²) in [6.45, 7) is 6.99. The van der Waals surface area contributed by atoms with Crippen LogP contribution in [0.2, 0.25) is 0 Å². The first kappa shape index (κ1) is 11.4. The highest BCUT2D eigenvalue weighted by Crippen LogP contribution is 2.05. The van der Waals surface area contributed by atoms with Crippen LogP contribution in [0.15, 0.2) is 25.3 Å². The van der Waals surface area contributed by atoms with Gasteiger partial charge in [-0.3, -0.25) is 0 Å². The van der Waals surface area contributed by atoms with Crippen LogP contribution in [0.5, 0.6) is 0 Å². The first-order valence-electron chi connectivity index (χ1n) is 3.95. The topological polar surface area (TPSA) is 56.8 Å². The van der Waals surface area contributed by atoms with Crippen molar-refractivity contribution in [3.63, 3.8) is 0 Å². The summed E-state index contributed by atoms with van der Waals surface area (Å²) in [7, 11) is 0. The molecule has 0 bridgehead atoms. The van der Waals surface area contributed by atoms with E-state index in [0.717, 1.165) is 0 Å². The monoisotopic (exact) mass is 176 g/mol. The molecule has 0 radical (unpaired) electrons. The highest BCUT2D eigenvalue weighted by Gasteiger charge is 2.12. The molecule has 0 amide bonds. The lowest BCUT2D eigenvalue weighted by atomic mass is 10.2. The number of hydrogen-bond donors (Lipinski definition) is 0. The van der Waals surface area contributed by atoms with Crippen molar-refractivity contribution in [1.29, 1.82) is 10.5 Å². The Hall–Kier alpha value is -1.58. The minimum absolute atomic E-state index is 0.436. The van der Waals surface area contributed by atoms with Crippen LogP contribution in [-0.4, -0.2) is 12.2 Å². The van der Waals surface area contributed by atoms with E-state index in [4.69, 9.17) is 15.3 Å². The average Bonchev–Trinajstić information content (AvgIpc) is 2.16. The maximum Gasteiger partial charge on any atom is 0.149 e. The highest BCUT2D eigenvalue weighted by atomic mass is 16.5. The maximum atomic E-state index is 8.61. The zero-order chi connectivity index (χ0) is 10.1. The Balaban J connectivity index is 4.05. The number of hydrogen-bond acceptors (Lipinski definition) is 3. The average molecular weight is 176 g/mol. The Morgan fingerprint density at radius 3 is 1.69 bits per heavy atom. The Bertz CT molecular complexity index is 221. The third-order valence-corrected chi connectivity index (χ3v) is 1.38. The highest BCUT2D eigenvalue weighted by molar-refractivity contribution is 4.96. The van der Waals surface area contributed by atoms with Crippen LogP contribution in [0.4, 0.5) is 0 Å². The summed E-state index contributed by atoms with van der Waals surface area (Å²) in [6.07, 6.45) is 2.90. The normalized spacial score (nSPS) is 13.4. The van der Waals surface area contributed by atoms with Gasteiger partial charge >= 0.3 is 0 Å². The molecule has 2 atom stereocenters. The first-order chi connectivity index (χ1) is 6.28. The lowest BCUT2D eigenvalue weighted by Gasteiger charge is -2.11. The second-order valence-corrected chi connectivity index (χ2v) is 2.42. The minimum Gasteiger partial charge on any atom is -0.344 e. The smallest absolute Gasteiger partial charge is 0.149 e. The van der Waals surface area contributed by atoms with E-state index < -0.39 is 12.2 Å². The Morgan fingerprint density at radius 2 is 1.46 bits per heavy atom. The SMILES string of the molecule is C=CCC(C#N)OC(C#N)CC=C. The Labute approximate surface area is 78.5 Å². The summed E-state index contributed by atoms with van der Waals surface area (Å²) in [4.78, 5) is 0. The molecular formula is C10H12N2O. The molecule has 0 saturated carbocycles. The second kappa shape index (κ2) is 7.09. The van der Waals surface area contributed by atoms with E-state index in [2.05, 4.69) is 13.2 Å². The fourth-order valence-electron chi connectivity index (χ4n) is 0.778. The number of ether oxygens (including phenoxy) is 1. The molecule has 0 aliphatic rings. The number of rotatable bonds is 6. The fourth-order valence-corrected chi connectivity index (χ4v) is 0.778. The number of nitriles is 2. The molecule has 0 aromatic heterocycles. The van der Waals surface area contributed by atoms with Crippen LogP contribution in [0, 0.1) is 22.7 Å². The van der Waals surface area contributed by atoms with E-state index in [1.54, 1.807) is 12.2 Å². The van der Waals surface area contributed by atoms with Gasteiger partial charge in [-0.2, -0.15) is 10.5 Å². The van der Waals surface area contributed by atoms with Gasteiger partial charge in [0.05, 0.1) is 12.1 Å². The molecular weight excluding hydrogens is 164 g/mol. The van der Waals surface area contributed by atoms with Crippen molar-refractivity contribution >= 4 is 0 Å². The molecule has 0 aliphatic heterocycles. The van der Waals surface area contributed by atoms with E-state index in [0.29, 0.717) is 12.8 Å². The van der Waals surface area contributed by atoms with Gasteiger partial charge in [0.15, 0.2) is 0 Å². The van der Waals surface area contributed by atoms with Crippen molar-refractivity contribution in [2.45, 2.75) is 25.0 Å². The van der Waals surface area contributed by atoms with Crippen molar-refractivity contribution < 1.29 is 4.74 Å². The van der Waals surface area contributed by atoms with Gasteiger partial charge < -0.3 is 4.74 Å². The summed E-state index contributed by atoms with van der Waals surface area (Å²) in [5, 5.41) is 17.2. The van der Waals surface area contributed by atoms with Gasteiger partial charge in [0.1, 0.15) is 12.2 Å². The summed E-state index contributed by atoms with van der Waals surface area (Å²) in [5.41, 5.74) is 0. The molecule has 68 valence electrons. The minimum atomic E-state index is -0.581. The molecule has 0 aromatic rings. The van der Waals surface area contributed by atoms with Gasteiger partial charge in [-0.05, 0) is 0 Å². The molecule has 13 heavy (non-hydrogen) atoms. The third-order valence-electron chi connectivity index (χ3n) is 1.38. The number of nitrogens with zero attached hydrogens (tertiary/aromatic N) is 2. The van der Waals surface area contributed by atoms with Gasteiger partial charge in [0.25, 0.3) is 0 Å². The summed E-state index contributed by atoms with van der Waals surface area (Å²) < 4.78 is 5.16. The molecule has 3 heteroatoms. The zero-order valence-electron chi connectivity index (χ0n) is 7.44. The van der Waals surface area contributed by atoms with Gasteiger partial charge in [-0.25, -0.2) is 0 Å². The van der Waals surface area contributed by atoms with Gasteiger partial charge in [-0.15, -0.1) is 13.2 Å². The quantitative estimate of drug-likeness (QED) is 0.581. The third kappa shape index (κ3) is 4.79. The van der Waals surface area contributed by atoms with E-state index >= 15 is 0 Å². The van der Waals surface area contributed by atoms with E-state index in [1.165, 1.54) is 0 Å². The summed E-state index contributed by atoms with van der Waals surface area (Å²) in [6, 6.07) is 3.89.